The third-order valence-corrected chi connectivity index (χ3v) is 9.00. The number of hydrogen-bond donors (Lipinski definition) is 1. The summed E-state index contributed by atoms with van der Waals surface area (Å²) in [5, 5.41) is 10.3. The zero-order valence-electron chi connectivity index (χ0n) is 16.9. The number of allylic oxidation sites excluding steroid dienone is 3. The van der Waals surface area contributed by atoms with E-state index in [9.17, 15) is 5.11 Å². The Labute approximate surface area is 163 Å². The first-order chi connectivity index (χ1) is 13.0. The average Bonchev–Trinajstić information content (AvgIpc) is 3.28. The molecule has 2 fully saturated rings. The molecule has 1 heterocycles. The van der Waals surface area contributed by atoms with Gasteiger partial charge in [-0.3, -0.25) is 0 Å². The minimum atomic E-state index is -0.126. The highest BCUT2D eigenvalue weighted by Gasteiger charge is 2.59. The lowest BCUT2D eigenvalue weighted by atomic mass is 9.45. The number of fused-ring (bicyclic) bond motifs is 5. The molecule has 0 amide bonds. The predicted molar refractivity (Wildman–Crippen MR) is 107 cm³/mol. The monoisotopic (exact) mass is 367 g/mol. The number of aliphatic hydroxyl groups is 1. The molecule has 0 aliphatic heterocycles. The van der Waals surface area contributed by atoms with E-state index in [0.29, 0.717) is 17.3 Å². The van der Waals surface area contributed by atoms with Crippen molar-refractivity contribution in [1.29, 1.82) is 0 Å². The molecule has 146 valence electrons. The first-order valence-electron chi connectivity index (χ1n) is 11.0. The number of hydrogen-bond acceptors (Lipinski definition) is 3. The van der Waals surface area contributed by atoms with Crippen LogP contribution in [0.5, 0.6) is 0 Å². The van der Waals surface area contributed by atoms with E-state index in [0.717, 1.165) is 36.9 Å². The summed E-state index contributed by atoms with van der Waals surface area (Å²) in [5.41, 5.74) is 3.48. The summed E-state index contributed by atoms with van der Waals surface area (Å²) >= 11 is 0. The van der Waals surface area contributed by atoms with E-state index in [-0.39, 0.29) is 11.5 Å². The Bertz CT molecular complexity index is 778. The number of aliphatic hydroxyl groups excluding tert-OH is 1. The van der Waals surface area contributed by atoms with Crippen LogP contribution >= 0.6 is 0 Å². The molecule has 0 aromatic carbocycles. The van der Waals surface area contributed by atoms with Gasteiger partial charge in [0.15, 0.2) is 12.2 Å². The number of nitrogens with zero attached hydrogens (tertiary/aromatic N) is 1. The smallest absolute Gasteiger partial charge is 0.181 e. The fourth-order valence-corrected chi connectivity index (χ4v) is 7.50. The molecule has 3 nitrogen and oxygen atoms in total. The summed E-state index contributed by atoms with van der Waals surface area (Å²) in [7, 11) is 0. The van der Waals surface area contributed by atoms with Crippen LogP contribution in [0.3, 0.4) is 0 Å². The summed E-state index contributed by atoms with van der Waals surface area (Å²) in [6.07, 6.45) is 16.3. The Morgan fingerprint density at radius 3 is 2.74 bits per heavy atom. The Balaban J connectivity index is 1.54. The summed E-state index contributed by atoms with van der Waals surface area (Å²) < 4.78 is 5.72. The molecule has 27 heavy (non-hydrogen) atoms. The lowest BCUT2D eigenvalue weighted by Gasteiger charge is -2.59. The summed E-state index contributed by atoms with van der Waals surface area (Å²) in [5.74, 6) is 3.83. The van der Waals surface area contributed by atoms with Crippen LogP contribution < -0.4 is 0 Å². The molecule has 1 N–H and O–H groups in total. The number of aromatic nitrogens is 1. The van der Waals surface area contributed by atoms with Gasteiger partial charge in [0, 0.05) is 0 Å². The van der Waals surface area contributed by atoms with E-state index in [1.165, 1.54) is 31.3 Å². The fraction of sp³-hybridized carbons (Fsp3) is 0.708. The molecular weight excluding hydrogens is 334 g/mol. The van der Waals surface area contributed by atoms with Gasteiger partial charge in [-0.15, -0.1) is 0 Å². The van der Waals surface area contributed by atoms with Gasteiger partial charge >= 0.3 is 0 Å². The van der Waals surface area contributed by atoms with Crippen molar-refractivity contribution in [1.82, 2.24) is 4.98 Å². The van der Waals surface area contributed by atoms with Crippen molar-refractivity contribution < 1.29 is 9.52 Å². The normalized spacial score (nSPS) is 46.1. The molecule has 4 aliphatic rings. The molecule has 7 atom stereocenters. The first-order valence-corrected chi connectivity index (χ1v) is 11.0. The molecule has 0 radical (unpaired) electrons. The van der Waals surface area contributed by atoms with Crippen LogP contribution in [-0.2, 0) is 0 Å². The molecule has 3 heteroatoms. The molecule has 1 aromatic heterocycles. The molecule has 5 rings (SSSR count). The summed E-state index contributed by atoms with van der Waals surface area (Å²) in [6, 6.07) is 0. The van der Waals surface area contributed by atoms with E-state index in [4.69, 9.17) is 4.42 Å². The number of rotatable bonds is 2. The Morgan fingerprint density at radius 1 is 1.19 bits per heavy atom. The standard InChI is InChI=1S/C24H33NO2/c1-4-15-11-16-12-17(26)7-9-23(16,2)20-8-10-24(3)18(21-13-25-14-27-21)5-6-19(24)22(15)20/h5,11,13-15,17,19-20,22,26H,4,6-10,12H2,1-3H3/t15-,17+,19+,20+,22+,23+,24-/m1/s1. The van der Waals surface area contributed by atoms with E-state index in [2.05, 4.69) is 37.9 Å². The van der Waals surface area contributed by atoms with Gasteiger partial charge in [-0.2, -0.15) is 0 Å². The minimum Gasteiger partial charge on any atom is -0.444 e. The van der Waals surface area contributed by atoms with Gasteiger partial charge in [0.1, 0.15) is 0 Å². The molecule has 0 unspecified atom stereocenters. The topological polar surface area (TPSA) is 46.3 Å². The predicted octanol–water partition coefficient (Wildman–Crippen LogP) is 5.63. The van der Waals surface area contributed by atoms with E-state index in [1.807, 2.05) is 6.20 Å². The van der Waals surface area contributed by atoms with Crippen LogP contribution in [0.1, 0.15) is 71.5 Å². The molecule has 1 aromatic rings. The molecule has 2 saturated carbocycles. The van der Waals surface area contributed by atoms with Gasteiger partial charge < -0.3 is 9.52 Å². The number of oxazole rings is 1. The second kappa shape index (κ2) is 6.07. The summed E-state index contributed by atoms with van der Waals surface area (Å²) in [6.45, 7) is 7.34. The lowest BCUT2D eigenvalue weighted by Crippen LogP contribution is -2.52. The second-order valence-corrected chi connectivity index (χ2v) is 10.0. The Kier molecular flexibility index (Phi) is 3.99. The zero-order valence-corrected chi connectivity index (χ0v) is 16.9. The van der Waals surface area contributed by atoms with Gasteiger partial charge in [-0.05, 0) is 85.0 Å². The maximum Gasteiger partial charge on any atom is 0.181 e. The van der Waals surface area contributed by atoms with Crippen LogP contribution in [0.4, 0.5) is 0 Å². The largest absolute Gasteiger partial charge is 0.444 e. The molecule has 0 bridgehead atoms. The highest BCUT2D eigenvalue weighted by molar-refractivity contribution is 5.69. The van der Waals surface area contributed by atoms with Crippen molar-refractivity contribution in [2.75, 3.05) is 0 Å². The van der Waals surface area contributed by atoms with Crippen molar-refractivity contribution in [3.05, 3.63) is 36.1 Å². The van der Waals surface area contributed by atoms with Crippen molar-refractivity contribution in [3.8, 4) is 0 Å². The van der Waals surface area contributed by atoms with Crippen molar-refractivity contribution in [2.24, 2.45) is 34.5 Å². The van der Waals surface area contributed by atoms with Crippen LogP contribution in [-0.4, -0.2) is 16.2 Å². The third-order valence-electron chi connectivity index (χ3n) is 9.00. The average molecular weight is 368 g/mol. The van der Waals surface area contributed by atoms with Crippen LogP contribution in [0.2, 0.25) is 0 Å². The second-order valence-electron chi connectivity index (χ2n) is 10.0. The van der Waals surface area contributed by atoms with Crippen molar-refractivity contribution in [3.63, 3.8) is 0 Å². The van der Waals surface area contributed by atoms with E-state index < -0.39 is 0 Å². The fourth-order valence-electron chi connectivity index (χ4n) is 7.50. The third kappa shape index (κ3) is 2.40. The van der Waals surface area contributed by atoms with Gasteiger partial charge in [0.2, 0.25) is 0 Å². The maximum atomic E-state index is 10.3. The van der Waals surface area contributed by atoms with Crippen molar-refractivity contribution >= 4 is 5.57 Å². The van der Waals surface area contributed by atoms with Crippen LogP contribution in [0.15, 0.2) is 34.7 Å². The van der Waals surface area contributed by atoms with E-state index in [1.54, 1.807) is 12.0 Å². The highest BCUT2D eigenvalue weighted by atomic mass is 16.3. The Hall–Kier alpha value is -1.35. The van der Waals surface area contributed by atoms with Crippen molar-refractivity contribution in [2.45, 2.75) is 71.8 Å². The maximum absolute atomic E-state index is 10.3. The van der Waals surface area contributed by atoms with E-state index >= 15 is 0 Å². The SMILES string of the molecule is CC[C@@H]1C=C2C[C@@H](O)CC[C@]2(C)[C@H]2CC[C@]3(C)C(c4cnco4)=CC[C@H]3[C@H]12. The van der Waals surface area contributed by atoms with Gasteiger partial charge in [-0.25, -0.2) is 4.98 Å². The minimum absolute atomic E-state index is 0.126. The quantitative estimate of drug-likeness (QED) is 0.689. The summed E-state index contributed by atoms with van der Waals surface area (Å²) in [4.78, 5) is 4.18. The van der Waals surface area contributed by atoms with Crippen LogP contribution in [0, 0.1) is 34.5 Å². The lowest BCUT2D eigenvalue weighted by molar-refractivity contribution is -0.0467. The first kappa shape index (κ1) is 17.7. The molecule has 4 aliphatic carbocycles. The zero-order chi connectivity index (χ0) is 18.8. The van der Waals surface area contributed by atoms with Gasteiger partial charge in [-0.1, -0.05) is 38.5 Å². The Morgan fingerprint density at radius 2 is 2.00 bits per heavy atom. The van der Waals surface area contributed by atoms with Gasteiger partial charge in [0.25, 0.3) is 0 Å². The molecule has 0 spiro atoms. The molecular formula is C24H33NO2. The highest BCUT2D eigenvalue weighted by Crippen LogP contribution is 2.67. The van der Waals surface area contributed by atoms with Crippen LogP contribution in [0.25, 0.3) is 5.57 Å². The molecule has 0 saturated heterocycles. The van der Waals surface area contributed by atoms with Gasteiger partial charge in [0.05, 0.1) is 12.3 Å².